The first-order valence-corrected chi connectivity index (χ1v) is 8.68. The van der Waals surface area contributed by atoms with E-state index in [0.29, 0.717) is 19.0 Å². The van der Waals surface area contributed by atoms with Crippen LogP contribution in [0.2, 0.25) is 0 Å². The van der Waals surface area contributed by atoms with Crippen LogP contribution in [0.4, 0.5) is 13.6 Å². The van der Waals surface area contributed by atoms with E-state index in [1.165, 1.54) is 9.80 Å². The number of halogens is 3. The second-order valence-corrected chi connectivity index (χ2v) is 7.89. The first kappa shape index (κ1) is 19.6. The van der Waals surface area contributed by atoms with Crippen LogP contribution in [0.15, 0.2) is 16.6 Å². The molecule has 1 saturated heterocycles. The lowest BCUT2D eigenvalue weighted by Crippen LogP contribution is -2.42. The van der Waals surface area contributed by atoms with E-state index in [2.05, 4.69) is 15.9 Å². The van der Waals surface area contributed by atoms with Crippen LogP contribution in [0, 0.1) is 11.6 Å². The topological polar surface area (TPSA) is 49.9 Å². The minimum absolute atomic E-state index is 0.0267. The Balaban J connectivity index is 2.06. The largest absolute Gasteiger partial charge is 0.444 e. The number of carbonyl (C=O) groups is 2. The van der Waals surface area contributed by atoms with Crippen LogP contribution >= 0.6 is 15.9 Å². The minimum Gasteiger partial charge on any atom is -0.444 e. The first-order chi connectivity index (χ1) is 11.5. The zero-order valence-corrected chi connectivity index (χ0v) is 16.2. The van der Waals surface area contributed by atoms with Gasteiger partial charge in [0.2, 0.25) is 0 Å². The lowest BCUT2D eigenvalue weighted by atomic mass is 10.2. The van der Waals surface area contributed by atoms with Crippen molar-refractivity contribution in [3.05, 3.63) is 33.8 Å². The zero-order chi connectivity index (χ0) is 18.9. The molecule has 2 rings (SSSR count). The molecule has 0 radical (unpaired) electrons. The summed E-state index contributed by atoms with van der Waals surface area (Å²) in [5.41, 5.74) is -0.808. The van der Waals surface area contributed by atoms with Crippen molar-refractivity contribution in [2.75, 3.05) is 20.1 Å². The van der Waals surface area contributed by atoms with Crippen LogP contribution in [0.3, 0.4) is 0 Å². The van der Waals surface area contributed by atoms with Crippen molar-refractivity contribution in [2.24, 2.45) is 0 Å². The summed E-state index contributed by atoms with van der Waals surface area (Å²) in [6, 6.07) is 1.60. The Morgan fingerprint density at radius 2 is 1.92 bits per heavy atom. The zero-order valence-electron chi connectivity index (χ0n) is 14.6. The Hall–Kier alpha value is -1.70. The van der Waals surface area contributed by atoms with Crippen molar-refractivity contribution in [3.63, 3.8) is 0 Å². The Labute approximate surface area is 154 Å². The molecular weight excluding hydrogens is 398 g/mol. The molecule has 1 atom stereocenters. The number of nitrogens with zero attached hydrogens (tertiary/aromatic N) is 2. The van der Waals surface area contributed by atoms with E-state index in [4.69, 9.17) is 4.74 Å². The monoisotopic (exact) mass is 418 g/mol. The molecule has 0 spiro atoms. The van der Waals surface area contributed by atoms with Crippen LogP contribution in [0.5, 0.6) is 0 Å². The highest BCUT2D eigenvalue weighted by atomic mass is 79.9. The molecule has 1 aromatic carbocycles. The summed E-state index contributed by atoms with van der Waals surface area (Å²) in [5.74, 6) is -2.20. The molecule has 0 aromatic heterocycles. The van der Waals surface area contributed by atoms with Gasteiger partial charge in [-0.25, -0.2) is 13.6 Å². The van der Waals surface area contributed by atoms with Gasteiger partial charge in [-0.3, -0.25) is 4.79 Å². The highest BCUT2D eigenvalue weighted by Gasteiger charge is 2.34. The molecule has 1 heterocycles. The van der Waals surface area contributed by atoms with Crippen LogP contribution in [-0.2, 0) is 4.74 Å². The number of hydrogen-bond acceptors (Lipinski definition) is 3. The van der Waals surface area contributed by atoms with Crippen LogP contribution in [0.1, 0.15) is 37.6 Å². The molecule has 8 heteroatoms. The standard InChI is InChI=1S/C17H21BrF2N2O3/c1-17(2,3)25-16(24)21(4)10-5-6-22(9-10)15(23)11-7-12(18)14(20)8-13(11)19/h7-8,10H,5-6,9H2,1-4H3/t10-/m1/s1. The van der Waals surface area contributed by atoms with Gasteiger partial charge in [-0.05, 0) is 49.2 Å². The molecular formula is C17H21BrF2N2O3. The summed E-state index contributed by atoms with van der Waals surface area (Å²) in [6.07, 6.45) is 0.0911. The average molecular weight is 419 g/mol. The van der Waals surface area contributed by atoms with Crippen LogP contribution in [0.25, 0.3) is 0 Å². The van der Waals surface area contributed by atoms with E-state index < -0.39 is 29.2 Å². The van der Waals surface area contributed by atoms with E-state index in [1.54, 1.807) is 27.8 Å². The maximum Gasteiger partial charge on any atom is 0.410 e. The van der Waals surface area contributed by atoms with Crippen molar-refractivity contribution in [2.45, 2.75) is 38.8 Å². The molecule has 2 amide bonds. The molecule has 0 saturated carbocycles. The van der Waals surface area contributed by atoms with E-state index >= 15 is 0 Å². The third kappa shape index (κ3) is 4.68. The summed E-state index contributed by atoms with van der Waals surface area (Å²) in [6.45, 7) is 5.98. The van der Waals surface area contributed by atoms with Crippen LogP contribution < -0.4 is 0 Å². The fourth-order valence-electron chi connectivity index (χ4n) is 2.58. The molecule has 1 fully saturated rings. The Bertz CT molecular complexity index is 691. The van der Waals surface area contributed by atoms with E-state index in [1.807, 2.05) is 0 Å². The van der Waals surface area contributed by atoms with Crippen molar-refractivity contribution in [3.8, 4) is 0 Å². The van der Waals surface area contributed by atoms with E-state index in [0.717, 1.165) is 6.07 Å². The number of ether oxygens (including phenoxy) is 1. The summed E-state index contributed by atoms with van der Waals surface area (Å²) in [4.78, 5) is 27.5. The number of hydrogen-bond donors (Lipinski definition) is 0. The van der Waals surface area contributed by atoms with Crippen molar-refractivity contribution in [1.29, 1.82) is 0 Å². The normalized spacial score (nSPS) is 17.6. The van der Waals surface area contributed by atoms with Gasteiger partial charge >= 0.3 is 6.09 Å². The molecule has 0 unspecified atom stereocenters. The summed E-state index contributed by atoms with van der Waals surface area (Å²) in [7, 11) is 1.61. The second-order valence-electron chi connectivity index (χ2n) is 7.03. The fourth-order valence-corrected chi connectivity index (χ4v) is 2.93. The predicted molar refractivity (Wildman–Crippen MR) is 92.4 cm³/mol. The van der Waals surface area contributed by atoms with E-state index in [-0.39, 0.29) is 22.6 Å². The number of benzene rings is 1. The average Bonchev–Trinajstić information content (AvgIpc) is 2.97. The lowest BCUT2D eigenvalue weighted by molar-refractivity contribution is 0.0226. The lowest BCUT2D eigenvalue weighted by Gasteiger charge is -2.28. The molecule has 1 aliphatic heterocycles. The van der Waals surface area contributed by atoms with Gasteiger partial charge in [-0.2, -0.15) is 0 Å². The quantitative estimate of drug-likeness (QED) is 0.686. The third-order valence-electron chi connectivity index (χ3n) is 3.92. The first-order valence-electron chi connectivity index (χ1n) is 7.89. The number of rotatable bonds is 2. The predicted octanol–water partition coefficient (Wildman–Crippen LogP) is 3.81. The molecule has 1 aromatic rings. The highest BCUT2D eigenvalue weighted by Crippen LogP contribution is 2.24. The number of carbonyl (C=O) groups excluding carboxylic acids is 2. The van der Waals surface area contributed by atoms with Crippen molar-refractivity contribution >= 4 is 27.9 Å². The Morgan fingerprint density at radius 3 is 2.52 bits per heavy atom. The van der Waals surface area contributed by atoms with Gasteiger partial charge in [-0.15, -0.1) is 0 Å². The van der Waals surface area contributed by atoms with Gasteiger partial charge < -0.3 is 14.5 Å². The molecule has 1 aliphatic rings. The fraction of sp³-hybridized carbons (Fsp3) is 0.529. The molecule has 25 heavy (non-hydrogen) atoms. The molecule has 138 valence electrons. The Kier molecular flexibility index (Phi) is 5.71. The van der Waals surface area contributed by atoms with Gasteiger partial charge in [0.1, 0.15) is 17.2 Å². The summed E-state index contributed by atoms with van der Waals surface area (Å²) in [5, 5.41) is 0. The Morgan fingerprint density at radius 1 is 1.28 bits per heavy atom. The highest BCUT2D eigenvalue weighted by molar-refractivity contribution is 9.10. The van der Waals surface area contributed by atoms with Gasteiger partial charge in [0.15, 0.2) is 0 Å². The molecule has 5 nitrogen and oxygen atoms in total. The summed E-state index contributed by atoms with van der Waals surface area (Å²) >= 11 is 2.96. The minimum atomic E-state index is -0.908. The van der Waals surface area contributed by atoms with Gasteiger partial charge in [-0.1, -0.05) is 0 Å². The molecule has 0 aliphatic carbocycles. The van der Waals surface area contributed by atoms with Gasteiger partial charge in [0.05, 0.1) is 16.1 Å². The number of likely N-dealkylation sites (N-methyl/N-ethyl adjacent to an activating group) is 1. The van der Waals surface area contributed by atoms with Gasteiger partial charge in [0.25, 0.3) is 5.91 Å². The maximum absolute atomic E-state index is 13.9. The van der Waals surface area contributed by atoms with Crippen LogP contribution in [-0.4, -0.2) is 53.6 Å². The summed E-state index contributed by atoms with van der Waals surface area (Å²) < 4.78 is 32.6. The number of amides is 2. The second kappa shape index (κ2) is 7.27. The van der Waals surface area contributed by atoms with E-state index in [9.17, 15) is 18.4 Å². The number of likely N-dealkylation sites (tertiary alicyclic amines) is 1. The smallest absolute Gasteiger partial charge is 0.410 e. The van der Waals surface area contributed by atoms with Crippen molar-refractivity contribution in [1.82, 2.24) is 9.80 Å². The van der Waals surface area contributed by atoms with Crippen molar-refractivity contribution < 1.29 is 23.1 Å². The maximum atomic E-state index is 13.9. The molecule has 0 bridgehead atoms. The SMILES string of the molecule is CN(C(=O)OC(C)(C)C)[C@@H]1CCN(C(=O)c2cc(Br)c(F)cc2F)C1. The third-order valence-corrected chi connectivity index (χ3v) is 4.53. The van der Waals surface area contributed by atoms with Gasteiger partial charge in [0, 0.05) is 26.2 Å². The molecule has 0 N–H and O–H groups in total.